The second-order valence-electron chi connectivity index (χ2n) is 9.26. The van der Waals surface area contributed by atoms with Gasteiger partial charge in [0.25, 0.3) is 0 Å². The smallest absolute Gasteiger partial charge is 0.319 e. The van der Waals surface area contributed by atoms with E-state index in [9.17, 15) is 18.0 Å². The van der Waals surface area contributed by atoms with E-state index in [0.29, 0.717) is 17.4 Å². The highest BCUT2D eigenvalue weighted by Gasteiger charge is 2.57. The SMILES string of the molecule is Cn1c(SCCCN2CC[C@@]3(C[C@H]3c3ccc(C(F)(F)F)cc3)C2)nnc1-c1cccc(=O)[nH]1. The molecule has 2 aromatic heterocycles. The van der Waals surface area contributed by atoms with Crippen molar-refractivity contribution in [1.29, 1.82) is 0 Å². The zero-order valence-corrected chi connectivity index (χ0v) is 19.6. The number of alkyl halides is 3. The summed E-state index contributed by atoms with van der Waals surface area (Å²) < 4.78 is 40.4. The summed E-state index contributed by atoms with van der Waals surface area (Å²) in [5.74, 6) is 1.91. The Hall–Kier alpha value is -2.59. The molecule has 180 valence electrons. The standard InChI is InChI=1S/C24H26F3N5OS/c1-31-21(19-4-2-5-20(33)28-19)29-30-22(31)34-13-3-11-32-12-10-23(15-32)14-18(23)16-6-8-17(9-7-16)24(25,26)27/h2,4-9,18H,3,10-15H2,1H3,(H,28,33)/t18-,23+/m0/s1. The van der Waals surface area contributed by atoms with E-state index in [1.165, 1.54) is 18.2 Å². The maximum atomic E-state index is 12.8. The molecule has 0 radical (unpaired) electrons. The molecule has 2 atom stereocenters. The fraction of sp³-hybridized carbons (Fsp3) is 0.458. The minimum absolute atomic E-state index is 0.172. The zero-order valence-electron chi connectivity index (χ0n) is 18.8. The second-order valence-corrected chi connectivity index (χ2v) is 10.3. The summed E-state index contributed by atoms with van der Waals surface area (Å²) in [6.07, 6.45) is -1.11. The number of H-pyrrole nitrogens is 1. The molecule has 1 aliphatic heterocycles. The Morgan fingerprint density at radius 1 is 1.18 bits per heavy atom. The van der Waals surface area contributed by atoms with Crippen molar-refractivity contribution < 1.29 is 13.2 Å². The van der Waals surface area contributed by atoms with E-state index < -0.39 is 11.7 Å². The number of halogens is 3. The van der Waals surface area contributed by atoms with Crippen LogP contribution in [0.15, 0.2) is 52.4 Å². The van der Waals surface area contributed by atoms with Gasteiger partial charge < -0.3 is 14.5 Å². The molecule has 3 heterocycles. The van der Waals surface area contributed by atoms with E-state index in [1.807, 2.05) is 11.6 Å². The van der Waals surface area contributed by atoms with Gasteiger partial charge in [-0.15, -0.1) is 10.2 Å². The van der Waals surface area contributed by atoms with Crippen LogP contribution in [0.1, 0.15) is 36.3 Å². The highest BCUT2D eigenvalue weighted by molar-refractivity contribution is 7.99. The van der Waals surface area contributed by atoms with Crippen LogP contribution in [0.4, 0.5) is 13.2 Å². The number of pyridine rings is 1. The molecule has 1 aromatic carbocycles. The van der Waals surface area contributed by atoms with E-state index in [0.717, 1.165) is 55.4 Å². The van der Waals surface area contributed by atoms with Gasteiger partial charge >= 0.3 is 6.18 Å². The molecule has 0 amide bonds. The van der Waals surface area contributed by atoms with Gasteiger partial charge in [-0.25, -0.2) is 0 Å². The normalized spacial score (nSPS) is 22.5. The minimum atomic E-state index is -4.28. The number of likely N-dealkylation sites (tertiary alicyclic amines) is 1. The Morgan fingerprint density at radius 3 is 2.71 bits per heavy atom. The van der Waals surface area contributed by atoms with Gasteiger partial charge in [-0.2, -0.15) is 13.2 Å². The van der Waals surface area contributed by atoms with Crippen LogP contribution in [-0.2, 0) is 13.2 Å². The van der Waals surface area contributed by atoms with Crippen LogP contribution in [-0.4, -0.2) is 50.0 Å². The first-order chi connectivity index (χ1) is 16.2. The number of aromatic amines is 1. The molecule has 1 aliphatic carbocycles. The predicted molar refractivity (Wildman–Crippen MR) is 125 cm³/mol. The van der Waals surface area contributed by atoms with Crippen molar-refractivity contribution in [3.8, 4) is 11.5 Å². The molecule has 1 saturated heterocycles. The quantitative estimate of drug-likeness (QED) is 0.390. The van der Waals surface area contributed by atoms with Gasteiger partial charge in [0.2, 0.25) is 5.56 Å². The molecule has 5 rings (SSSR count). The monoisotopic (exact) mass is 489 g/mol. The Kier molecular flexibility index (Phi) is 6.05. The molecule has 2 fully saturated rings. The van der Waals surface area contributed by atoms with Crippen molar-refractivity contribution in [1.82, 2.24) is 24.6 Å². The Labute approximate surface area is 199 Å². The molecular weight excluding hydrogens is 463 g/mol. The third-order valence-electron chi connectivity index (χ3n) is 6.99. The van der Waals surface area contributed by atoms with Gasteiger partial charge in [-0.1, -0.05) is 30.0 Å². The lowest BCUT2D eigenvalue weighted by Gasteiger charge is -2.16. The molecule has 6 nitrogen and oxygen atoms in total. The molecule has 1 spiro atoms. The third-order valence-corrected chi connectivity index (χ3v) is 8.10. The summed E-state index contributed by atoms with van der Waals surface area (Å²) in [5.41, 5.74) is 1.16. The van der Waals surface area contributed by atoms with E-state index >= 15 is 0 Å². The molecule has 0 bridgehead atoms. The lowest BCUT2D eigenvalue weighted by Crippen LogP contribution is -2.23. The van der Waals surface area contributed by atoms with Gasteiger partial charge in [-0.3, -0.25) is 4.79 Å². The molecule has 0 unspecified atom stereocenters. The summed E-state index contributed by atoms with van der Waals surface area (Å²) in [6, 6.07) is 10.7. The molecule has 10 heteroatoms. The van der Waals surface area contributed by atoms with Crippen molar-refractivity contribution in [3.63, 3.8) is 0 Å². The molecular formula is C24H26F3N5OS. The lowest BCUT2D eigenvalue weighted by atomic mass is 9.97. The van der Waals surface area contributed by atoms with Gasteiger partial charge in [0, 0.05) is 25.4 Å². The Bertz CT molecular complexity index is 1220. The molecule has 3 aromatic rings. The average Bonchev–Trinajstić information content (AvgIpc) is 3.14. The fourth-order valence-electron chi connectivity index (χ4n) is 5.05. The number of aromatic nitrogens is 4. The van der Waals surface area contributed by atoms with Crippen LogP contribution in [0, 0.1) is 5.41 Å². The first-order valence-corrected chi connectivity index (χ1v) is 12.4. The molecule has 1 saturated carbocycles. The third kappa shape index (κ3) is 4.65. The van der Waals surface area contributed by atoms with Crippen LogP contribution in [0.5, 0.6) is 0 Å². The topological polar surface area (TPSA) is 66.8 Å². The van der Waals surface area contributed by atoms with Gasteiger partial charge in [0.05, 0.1) is 11.3 Å². The van der Waals surface area contributed by atoms with Crippen molar-refractivity contribution in [2.45, 2.75) is 36.5 Å². The summed E-state index contributed by atoms with van der Waals surface area (Å²) in [6.45, 7) is 3.04. The average molecular weight is 490 g/mol. The lowest BCUT2D eigenvalue weighted by molar-refractivity contribution is -0.137. The van der Waals surface area contributed by atoms with E-state index in [-0.39, 0.29) is 11.0 Å². The Balaban J connectivity index is 1.09. The van der Waals surface area contributed by atoms with Gasteiger partial charge in [0.1, 0.15) is 0 Å². The summed E-state index contributed by atoms with van der Waals surface area (Å²) in [5, 5.41) is 9.28. The second kappa shape index (κ2) is 8.88. The number of benzene rings is 1. The summed E-state index contributed by atoms with van der Waals surface area (Å²) >= 11 is 1.65. The van der Waals surface area contributed by atoms with Crippen molar-refractivity contribution in [2.75, 3.05) is 25.4 Å². The maximum absolute atomic E-state index is 12.8. The molecule has 2 aliphatic rings. The first-order valence-electron chi connectivity index (χ1n) is 11.4. The van der Waals surface area contributed by atoms with E-state index in [2.05, 4.69) is 20.1 Å². The molecule has 1 N–H and O–H groups in total. The van der Waals surface area contributed by atoms with Crippen molar-refractivity contribution in [3.05, 3.63) is 63.9 Å². The van der Waals surface area contributed by atoms with Crippen LogP contribution in [0.25, 0.3) is 11.5 Å². The van der Waals surface area contributed by atoms with Gasteiger partial charge in [0.15, 0.2) is 11.0 Å². The fourth-order valence-corrected chi connectivity index (χ4v) is 5.89. The van der Waals surface area contributed by atoms with Crippen LogP contribution < -0.4 is 5.56 Å². The predicted octanol–water partition coefficient (Wildman–Crippen LogP) is 4.55. The minimum Gasteiger partial charge on any atom is -0.319 e. The highest BCUT2D eigenvalue weighted by Crippen LogP contribution is 2.64. The van der Waals surface area contributed by atoms with Crippen LogP contribution in [0.3, 0.4) is 0 Å². The number of nitrogens with one attached hydrogen (secondary N) is 1. The number of hydrogen-bond acceptors (Lipinski definition) is 5. The number of hydrogen-bond donors (Lipinski definition) is 1. The largest absolute Gasteiger partial charge is 0.416 e. The number of nitrogens with zero attached hydrogens (tertiary/aromatic N) is 4. The van der Waals surface area contributed by atoms with Crippen LogP contribution >= 0.6 is 11.8 Å². The van der Waals surface area contributed by atoms with Crippen molar-refractivity contribution in [2.24, 2.45) is 12.5 Å². The first kappa shape index (κ1) is 23.2. The van der Waals surface area contributed by atoms with Crippen molar-refractivity contribution >= 4 is 11.8 Å². The van der Waals surface area contributed by atoms with E-state index in [4.69, 9.17) is 0 Å². The number of rotatable bonds is 7. The summed E-state index contributed by atoms with van der Waals surface area (Å²) in [4.78, 5) is 16.8. The van der Waals surface area contributed by atoms with Gasteiger partial charge in [-0.05, 0) is 67.4 Å². The maximum Gasteiger partial charge on any atom is 0.416 e. The Morgan fingerprint density at radius 2 is 1.97 bits per heavy atom. The number of thioether (sulfide) groups is 1. The highest BCUT2D eigenvalue weighted by atomic mass is 32.2. The van der Waals surface area contributed by atoms with Crippen LogP contribution in [0.2, 0.25) is 0 Å². The molecule has 34 heavy (non-hydrogen) atoms. The van der Waals surface area contributed by atoms with E-state index in [1.54, 1.807) is 36.0 Å². The zero-order chi connectivity index (χ0) is 23.9. The summed E-state index contributed by atoms with van der Waals surface area (Å²) in [7, 11) is 1.89.